The maximum absolute atomic E-state index is 12.2. The third kappa shape index (κ3) is 6.41. The highest BCUT2D eigenvalue weighted by molar-refractivity contribution is 7.99. The van der Waals surface area contributed by atoms with Crippen molar-refractivity contribution in [2.75, 3.05) is 19.5 Å². The topological polar surface area (TPSA) is 74.5 Å². The first-order chi connectivity index (χ1) is 12.3. The lowest BCUT2D eigenvalue weighted by atomic mass is 10.2. The van der Waals surface area contributed by atoms with Crippen molar-refractivity contribution in [2.24, 2.45) is 0 Å². The molecule has 1 heterocycles. The van der Waals surface area contributed by atoms with Crippen LogP contribution in [0.25, 0.3) is 11.5 Å². The molecule has 0 N–H and O–H groups in total. The molecule has 0 unspecified atom stereocenters. The van der Waals surface area contributed by atoms with E-state index in [0.717, 1.165) is 0 Å². The van der Waals surface area contributed by atoms with E-state index in [2.05, 4.69) is 19.7 Å². The molecule has 1 aromatic carbocycles. The molecule has 2 aromatic rings. The number of hydrogen-bond acceptors (Lipinski definition) is 7. The van der Waals surface area contributed by atoms with Gasteiger partial charge in [0.2, 0.25) is 5.89 Å². The number of carbonyl (C=O) groups is 1. The van der Waals surface area contributed by atoms with Crippen LogP contribution in [0.3, 0.4) is 0 Å². The van der Waals surface area contributed by atoms with E-state index < -0.39 is 12.8 Å². The monoisotopic (exact) mass is 410 g/mol. The number of methoxy groups -OCH3 is 1. The van der Waals surface area contributed by atoms with Crippen LogP contribution in [0.5, 0.6) is 5.75 Å². The van der Waals surface area contributed by atoms with Gasteiger partial charge in [-0.3, -0.25) is 4.79 Å². The molecule has 0 bridgehead atoms. The highest BCUT2D eigenvalue weighted by Gasteiger charge is 2.28. The van der Waals surface area contributed by atoms with Crippen LogP contribution in [0.15, 0.2) is 27.8 Å². The van der Waals surface area contributed by atoms with Crippen LogP contribution in [0.2, 0.25) is 5.02 Å². The third-order valence-electron chi connectivity index (χ3n) is 2.96. The van der Waals surface area contributed by atoms with E-state index in [9.17, 15) is 18.0 Å². The smallest absolute Gasteiger partial charge is 0.422 e. The van der Waals surface area contributed by atoms with Crippen LogP contribution in [-0.4, -0.2) is 41.8 Å². The average molecular weight is 411 g/mol. The Kier molecular flexibility index (Phi) is 7.15. The molecule has 0 amide bonds. The molecule has 0 radical (unpaired) electrons. The normalized spacial score (nSPS) is 11.4. The second-order valence-electron chi connectivity index (χ2n) is 4.95. The molecule has 1 aromatic heterocycles. The Bertz CT molecular complexity index is 755. The van der Waals surface area contributed by atoms with Crippen molar-refractivity contribution >= 4 is 29.3 Å². The van der Waals surface area contributed by atoms with Crippen LogP contribution < -0.4 is 4.74 Å². The van der Waals surface area contributed by atoms with Crippen molar-refractivity contribution in [3.8, 4) is 17.2 Å². The number of ether oxygens (including phenoxy) is 2. The average Bonchev–Trinajstić information content (AvgIpc) is 3.04. The molecule has 6 nitrogen and oxygen atoms in total. The van der Waals surface area contributed by atoms with Crippen molar-refractivity contribution in [1.82, 2.24) is 10.2 Å². The van der Waals surface area contributed by atoms with Crippen molar-refractivity contribution < 1.29 is 31.9 Å². The summed E-state index contributed by atoms with van der Waals surface area (Å²) >= 11 is 7.32. The molecule has 2 rings (SSSR count). The Morgan fingerprint density at radius 1 is 1.35 bits per heavy atom. The Balaban J connectivity index is 1.94. The molecule has 11 heteroatoms. The predicted octanol–water partition coefficient (Wildman–Crippen LogP) is 4.38. The van der Waals surface area contributed by atoms with Gasteiger partial charge < -0.3 is 13.9 Å². The molecule has 0 atom stereocenters. The molecule has 0 fully saturated rings. The van der Waals surface area contributed by atoms with Gasteiger partial charge in [0.15, 0.2) is 6.61 Å². The highest BCUT2D eigenvalue weighted by Crippen LogP contribution is 2.32. The van der Waals surface area contributed by atoms with Gasteiger partial charge in [-0.25, -0.2) is 0 Å². The maximum Gasteiger partial charge on any atom is 0.422 e. The Morgan fingerprint density at radius 3 is 2.77 bits per heavy atom. The van der Waals surface area contributed by atoms with Crippen molar-refractivity contribution in [2.45, 2.75) is 24.2 Å². The Morgan fingerprint density at radius 2 is 2.12 bits per heavy atom. The van der Waals surface area contributed by atoms with Gasteiger partial charge >= 0.3 is 12.1 Å². The number of aromatic nitrogens is 2. The standard InChI is InChI=1S/C15H14ClF3N2O4S/c1-23-12(22)3-2-6-26-14-21-20-13(25-14)10-5-4-9(7-11(10)16)24-8-15(17,18)19/h4-5,7H,2-3,6,8H2,1H3. The first-order valence-electron chi connectivity index (χ1n) is 7.31. The van der Waals surface area contributed by atoms with Gasteiger partial charge in [0, 0.05) is 12.2 Å². The first kappa shape index (κ1) is 20.4. The number of thioether (sulfide) groups is 1. The summed E-state index contributed by atoms with van der Waals surface area (Å²) in [5.41, 5.74) is 0.375. The van der Waals surface area contributed by atoms with E-state index in [-0.39, 0.29) is 29.1 Å². The summed E-state index contributed by atoms with van der Waals surface area (Å²) in [7, 11) is 1.32. The fourth-order valence-electron chi connectivity index (χ4n) is 1.78. The number of benzene rings is 1. The van der Waals surface area contributed by atoms with Gasteiger partial charge in [-0.15, -0.1) is 10.2 Å². The van der Waals surface area contributed by atoms with Crippen LogP contribution in [0.4, 0.5) is 13.2 Å². The van der Waals surface area contributed by atoms with Crippen molar-refractivity contribution in [3.63, 3.8) is 0 Å². The van der Waals surface area contributed by atoms with Crippen LogP contribution in [0.1, 0.15) is 12.8 Å². The Hall–Kier alpha value is -1.94. The largest absolute Gasteiger partial charge is 0.484 e. The van der Waals surface area contributed by atoms with E-state index in [1.165, 1.54) is 37.1 Å². The second-order valence-corrected chi connectivity index (χ2v) is 6.40. The van der Waals surface area contributed by atoms with Gasteiger partial charge in [-0.05, 0) is 24.6 Å². The van der Waals surface area contributed by atoms with E-state index in [1.807, 2.05) is 0 Å². The summed E-state index contributed by atoms with van der Waals surface area (Å²) in [6.45, 7) is -1.41. The Labute approximate surface area is 156 Å². The number of hydrogen-bond donors (Lipinski definition) is 0. The fraction of sp³-hybridized carbons (Fsp3) is 0.400. The van der Waals surface area contributed by atoms with Crippen molar-refractivity contribution in [3.05, 3.63) is 23.2 Å². The summed E-state index contributed by atoms with van der Waals surface area (Å²) in [5.74, 6) is 0.395. The van der Waals surface area contributed by atoms with Gasteiger partial charge in [-0.2, -0.15) is 13.2 Å². The van der Waals surface area contributed by atoms with E-state index in [4.69, 9.17) is 16.0 Å². The first-order valence-corrected chi connectivity index (χ1v) is 8.67. The summed E-state index contributed by atoms with van der Waals surface area (Å²) < 4.78 is 51.1. The number of rotatable bonds is 8. The lowest BCUT2D eigenvalue weighted by Crippen LogP contribution is -2.19. The molecule has 0 aliphatic heterocycles. The third-order valence-corrected chi connectivity index (χ3v) is 4.18. The van der Waals surface area contributed by atoms with Gasteiger partial charge in [0.25, 0.3) is 5.22 Å². The number of nitrogens with zero attached hydrogens (tertiary/aromatic N) is 2. The maximum atomic E-state index is 12.2. The zero-order valence-corrected chi connectivity index (χ0v) is 15.1. The van der Waals surface area contributed by atoms with Crippen LogP contribution >= 0.6 is 23.4 Å². The minimum absolute atomic E-state index is 0.0204. The summed E-state index contributed by atoms with van der Waals surface area (Å²) in [5, 5.41) is 8.12. The summed E-state index contributed by atoms with van der Waals surface area (Å²) in [4.78, 5) is 11.0. The molecule has 0 aliphatic rings. The van der Waals surface area contributed by atoms with Crippen molar-refractivity contribution in [1.29, 1.82) is 0 Å². The highest BCUT2D eigenvalue weighted by atomic mass is 35.5. The zero-order valence-electron chi connectivity index (χ0n) is 13.5. The van der Waals surface area contributed by atoms with Crippen LogP contribution in [0, 0.1) is 0 Å². The fourth-order valence-corrected chi connectivity index (χ4v) is 2.73. The lowest BCUT2D eigenvalue weighted by molar-refractivity contribution is -0.153. The minimum atomic E-state index is -4.43. The molecular weight excluding hydrogens is 397 g/mol. The van der Waals surface area contributed by atoms with Gasteiger partial charge in [0.05, 0.1) is 17.7 Å². The SMILES string of the molecule is COC(=O)CCCSc1nnc(-c2ccc(OCC(F)(F)F)cc2Cl)o1. The quantitative estimate of drug-likeness (QED) is 0.363. The molecular formula is C15H14ClF3N2O4S. The zero-order chi connectivity index (χ0) is 19.2. The number of esters is 1. The van der Waals surface area contributed by atoms with Gasteiger partial charge in [-0.1, -0.05) is 23.4 Å². The van der Waals surface area contributed by atoms with Gasteiger partial charge in [0.1, 0.15) is 5.75 Å². The van der Waals surface area contributed by atoms with E-state index >= 15 is 0 Å². The number of alkyl halides is 3. The summed E-state index contributed by atoms with van der Waals surface area (Å²) in [6, 6.07) is 4.02. The lowest BCUT2D eigenvalue weighted by Gasteiger charge is -2.09. The summed E-state index contributed by atoms with van der Waals surface area (Å²) in [6.07, 6.45) is -3.56. The molecule has 142 valence electrons. The molecule has 26 heavy (non-hydrogen) atoms. The van der Waals surface area contributed by atoms with E-state index in [0.29, 0.717) is 23.0 Å². The molecule has 0 spiro atoms. The van der Waals surface area contributed by atoms with E-state index in [1.54, 1.807) is 0 Å². The van der Waals surface area contributed by atoms with Crippen LogP contribution in [-0.2, 0) is 9.53 Å². The molecule has 0 saturated carbocycles. The number of carbonyl (C=O) groups excluding carboxylic acids is 1. The predicted molar refractivity (Wildman–Crippen MR) is 88.3 cm³/mol. The number of halogens is 4. The molecule has 0 saturated heterocycles. The minimum Gasteiger partial charge on any atom is -0.484 e. The molecule has 0 aliphatic carbocycles. The second kappa shape index (κ2) is 9.13.